The molecule has 0 aromatic heterocycles. The van der Waals surface area contributed by atoms with Gasteiger partial charge in [-0.25, -0.2) is 4.79 Å². The third kappa shape index (κ3) is 6.05. The highest BCUT2D eigenvalue weighted by atomic mass is 16.5. The number of hydrogen-bond acceptors (Lipinski definition) is 10. The molecule has 0 unspecified atom stereocenters. The Kier molecular flexibility index (Phi) is 8.18. The van der Waals surface area contributed by atoms with E-state index in [0.717, 1.165) is 0 Å². The highest BCUT2D eigenvalue weighted by Crippen LogP contribution is 2.33. The highest BCUT2D eigenvalue weighted by Gasteiger charge is 2.36. The minimum atomic E-state index is -1.60. The van der Waals surface area contributed by atoms with Crippen molar-refractivity contribution in [1.29, 1.82) is 0 Å². The number of nitrogens with two attached hydrogens (primary N) is 2. The number of carbonyl (C=O) groups is 3. The van der Waals surface area contributed by atoms with Gasteiger partial charge in [-0.15, -0.1) is 0 Å². The lowest BCUT2D eigenvalue weighted by Gasteiger charge is -2.40. The number of hydrogen-bond donors (Lipinski definition) is 8. The molecule has 0 aliphatic carbocycles. The molecule has 0 bridgehead atoms. The van der Waals surface area contributed by atoms with Crippen LogP contribution in [0.3, 0.4) is 0 Å². The fourth-order valence-corrected chi connectivity index (χ4v) is 2.88. The van der Waals surface area contributed by atoms with Crippen molar-refractivity contribution in [3.8, 4) is 11.5 Å². The number of benzene rings is 1. The number of aromatic carboxylic acids is 1. The Bertz CT molecular complexity index is 832. The summed E-state index contributed by atoms with van der Waals surface area (Å²) in [5, 5.41) is 48.6. The first kappa shape index (κ1) is 24.4. The maximum absolute atomic E-state index is 12.2. The fourth-order valence-electron chi connectivity index (χ4n) is 2.88. The molecule has 170 valence electrons. The van der Waals surface area contributed by atoms with E-state index >= 15 is 0 Å². The predicted molar refractivity (Wildman–Crippen MR) is 106 cm³/mol. The molecule has 14 heteroatoms. The molecule has 1 aliphatic rings. The topological polar surface area (TPSA) is 229 Å². The second kappa shape index (κ2) is 10.4. The molecule has 1 aliphatic heterocycles. The molecule has 1 saturated heterocycles. The number of rotatable bonds is 10. The van der Waals surface area contributed by atoms with Gasteiger partial charge in [-0.1, -0.05) is 6.07 Å². The Hall–Kier alpha value is -2.91. The summed E-state index contributed by atoms with van der Waals surface area (Å²) < 4.78 is 5.59. The van der Waals surface area contributed by atoms with Crippen LogP contribution in [-0.4, -0.2) is 93.2 Å². The van der Waals surface area contributed by atoms with Crippen molar-refractivity contribution < 1.29 is 44.5 Å². The third-order valence-electron chi connectivity index (χ3n) is 4.66. The van der Waals surface area contributed by atoms with Crippen LogP contribution in [0.1, 0.15) is 15.9 Å². The van der Waals surface area contributed by atoms with Gasteiger partial charge in [-0.3, -0.25) is 9.59 Å². The van der Waals surface area contributed by atoms with E-state index in [2.05, 4.69) is 5.32 Å². The molecule has 13 nitrogen and oxygen atoms in total. The molecule has 1 aromatic carbocycles. The lowest BCUT2D eigenvalue weighted by molar-refractivity contribution is -0.144. The Morgan fingerprint density at radius 1 is 1.26 bits per heavy atom. The van der Waals surface area contributed by atoms with Gasteiger partial charge >= 0.3 is 13.1 Å². The van der Waals surface area contributed by atoms with E-state index in [0.29, 0.717) is 0 Å². The number of carboxylic acids is 1. The average molecular weight is 440 g/mol. The van der Waals surface area contributed by atoms with Crippen LogP contribution in [0.25, 0.3) is 0 Å². The molecular formula is C17H25BN4O9. The van der Waals surface area contributed by atoms with E-state index in [1.807, 2.05) is 0 Å². The molecular weight excluding hydrogens is 415 g/mol. The predicted octanol–water partition coefficient (Wildman–Crippen LogP) is -3.58. The zero-order valence-electron chi connectivity index (χ0n) is 16.5. The Morgan fingerprint density at radius 3 is 2.45 bits per heavy atom. The summed E-state index contributed by atoms with van der Waals surface area (Å²) in [4.78, 5) is 36.7. The van der Waals surface area contributed by atoms with E-state index in [4.69, 9.17) is 31.4 Å². The third-order valence-corrected chi connectivity index (χ3v) is 4.66. The van der Waals surface area contributed by atoms with Gasteiger partial charge in [0.25, 0.3) is 5.91 Å². The standard InChI is InChI=1S/C17H25BN4O9/c19-10(7-23)15(25)21-14(20)16(26)22-5-9(6-22)31-11-2-1-8(3-4-18(29)30)13(24)12(11)17(27)28/h1-2,9-10,14,23-24,29-30H,3-7,19-20H2,(H,21,25)(H,27,28)/t10-,14+/m1/s1. The molecule has 1 heterocycles. The number of carbonyl (C=O) groups excluding carboxylic acids is 2. The lowest BCUT2D eigenvalue weighted by atomic mass is 9.82. The van der Waals surface area contributed by atoms with Crippen LogP contribution >= 0.6 is 0 Å². The van der Waals surface area contributed by atoms with E-state index in [1.54, 1.807) is 0 Å². The SMILES string of the molecule is N[C@H](CO)C(=O)N[C@H](N)C(=O)N1CC(Oc2ccc(CCB(O)O)c(O)c2C(=O)O)C1. The zero-order valence-corrected chi connectivity index (χ0v) is 16.5. The molecule has 1 fully saturated rings. The van der Waals surface area contributed by atoms with Gasteiger partial charge < -0.3 is 51.8 Å². The van der Waals surface area contributed by atoms with E-state index in [9.17, 15) is 24.6 Å². The van der Waals surface area contributed by atoms with Crippen LogP contribution in [-0.2, 0) is 16.0 Å². The summed E-state index contributed by atoms with van der Waals surface area (Å²) in [5.74, 6) is -3.48. The van der Waals surface area contributed by atoms with Crippen molar-refractivity contribution in [2.45, 2.75) is 31.1 Å². The first-order valence-corrected chi connectivity index (χ1v) is 9.37. The summed E-state index contributed by atoms with van der Waals surface area (Å²) in [6.45, 7) is -0.482. The van der Waals surface area contributed by atoms with Crippen molar-refractivity contribution in [1.82, 2.24) is 10.2 Å². The van der Waals surface area contributed by atoms with Crippen LogP contribution in [0.2, 0.25) is 6.32 Å². The van der Waals surface area contributed by atoms with Crippen molar-refractivity contribution in [2.24, 2.45) is 11.5 Å². The van der Waals surface area contributed by atoms with Gasteiger partial charge in [-0.05, 0) is 24.4 Å². The molecule has 2 rings (SSSR count). The summed E-state index contributed by atoms with van der Waals surface area (Å²) in [5.41, 5.74) is 10.7. The smallest absolute Gasteiger partial charge is 0.451 e. The second-order valence-electron chi connectivity index (χ2n) is 7.03. The number of likely N-dealkylation sites (tertiary alicyclic amines) is 1. The van der Waals surface area contributed by atoms with Gasteiger partial charge in [0.2, 0.25) is 5.91 Å². The maximum Gasteiger partial charge on any atom is 0.451 e. The normalized spacial score (nSPS) is 15.6. The number of aryl methyl sites for hydroxylation is 1. The van der Waals surface area contributed by atoms with Gasteiger partial charge in [0.1, 0.15) is 29.2 Å². The molecule has 0 spiro atoms. The number of phenols is 1. The van der Waals surface area contributed by atoms with Gasteiger partial charge in [0.05, 0.1) is 19.7 Å². The maximum atomic E-state index is 12.2. The number of nitrogens with one attached hydrogen (secondary N) is 1. The van der Waals surface area contributed by atoms with Gasteiger partial charge in [0.15, 0.2) is 6.17 Å². The van der Waals surface area contributed by atoms with Crippen molar-refractivity contribution >= 4 is 24.9 Å². The van der Waals surface area contributed by atoms with E-state index < -0.39 is 61.1 Å². The summed E-state index contributed by atoms with van der Waals surface area (Å²) in [6.07, 6.45) is -1.99. The largest absolute Gasteiger partial charge is 0.507 e. The Labute approximate surface area is 177 Å². The number of nitrogens with zero attached hydrogens (tertiary/aromatic N) is 1. The molecule has 0 radical (unpaired) electrons. The number of aliphatic hydroxyl groups excluding tert-OH is 1. The van der Waals surface area contributed by atoms with Crippen LogP contribution < -0.4 is 21.5 Å². The van der Waals surface area contributed by atoms with Crippen LogP contribution in [0, 0.1) is 0 Å². The molecule has 10 N–H and O–H groups in total. The van der Waals surface area contributed by atoms with Crippen molar-refractivity contribution in [3.05, 3.63) is 23.3 Å². The van der Waals surface area contributed by atoms with Crippen LogP contribution in [0.4, 0.5) is 0 Å². The first-order chi connectivity index (χ1) is 14.5. The van der Waals surface area contributed by atoms with Crippen LogP contribution in [0.15, 0.2) is 12.1 Å². The summed E-state index contributed by atoms with van der Waals surface area (Å²) >= 11 is 0. The number of carboxylic acid groups (broad SMARTS) is 1. The second-order valence-corrected chi connectivity index (χ2v) is 7.03. The van der Waals surface area contributed by atoms with E-state index in [-0.39, 0.29) is 37.1 Å². The number of amides is 2. The lowest BCUT2D eigenvalue weighted by Crippen LogP contribution is -2.64. The summed E-state index contributed by atoms with van der Waals surface area (Å²) in [6, 6.07) is 1.54. The van der Waals surface area contributed by atoms with Gasteiger partial charge in [0, 0.05) is 0 Å². The minimum absolute atomic E-state index is 0.0410. The average Bonchev–Trinajstić information content (AvgIpc) is 2.67. The highest BCUT2D eigenvalue weighted by molar-refractivity contribution is 6.41. The minimum Gasteiger partial charge on any atom is -0.507 e. The monoisotopic (exact) mass is 440 g/mol. The molecule has 2 amide bonds. The number of ether oxygens (including phenoxy) is 1. The van der Waals surface area contributed by atoms with Crippen LogP contribution in [0.5, 0.6) is 11.5 Å². The molecule has 1 aromatic rings. The van der Waals surface area contributed by atoms with E-state index in [1.165, 1.54) is 17.0 Å². The molecule has 0 saturated carbocycles. The molecule has 2 atom stereocenters. The quantitative estimate of drug-likeness (QED) is 0.131. The number of aliphatic hydroxyl groups is 1. The number of aromatic hydroxyl groups is 1. The summed E-state index contributed by atoms with van der Waals surface area (Å²) in [7, 11) is -1.60. The van der Waals surface area contributed by atoms with Gasteiger partial charge in [-0.2, -0.15) is 0 Å². The zero-order chi connectivity index (χ0) is 23.3. The Morgan fingerprint density at radius 2 is 1.90 bits per heavy atom. The van der Waals surface area contributed by atoms with Crippen molar-refractivity contribution in [2.75, 3.05) is 19.7 Å². The molecule has 31 heavy (non-hydrogen) atoms. The Balaban J connectivity index is 1.98. The van der Waals surface area contributed by atoms with Crippen molar-refractivity contribution in [3.63, 3.8) is 0 Å². The first-order valence-electron chi connectivity index (χ1n) is 9.37. The fraction of sp³-hybridized carbons (Fsp3) is 0.471.